The van der Waals surface area contributed by atoms with Crippen molar-refractivity contribution < 1.29 is 9.53 Å². The summed E-state index contributed by atoms with van der Waals surface area (Å²) in [4.78, 5) is 29.4. The van der Waals surface area contributed by atoms with Crippen molar-refractivity contribution in [3.8, 4) is 6.01 Å². The summed E-state index contributed by atoms with van der Waals surface area (Å²) in [6, 6.07) is 10.7. The number of hydrogen-bond donors (Lipinski definition) is 2. The fraction of sp³-hybridized carbons (Fsp3) is 0.385. The Morgan fingerprint density at radius 2 is 1.94 bits per heavy atom. The van der Waals surface area contributed by atoms with E-state index in [-0.39, 0.29) is 11.9 Å². The highest BCUT2D eigenvalue weighted by molar-refractivity contribution is 7.18. The maximum Gasteiger partial charge on any atom is 0.316 e. The van der Waals surface area contributed by atoms with Crippen LogP contribution >= 0.6 is 11.3 Å². The molecule has 9 heteroatoms. The van der Waals surface area contributed by atoms with Gasteiger partial charge < -0.3 is 20.3 Å². The van der Waals surface area contributed by atoms with Crippen molar-refractivity contribution in [3.05, 3.63) is 47.1 Å². The number of hydrogen-bond acceptors (Lipinski definition) is 8. The number of nitrogens with zero attached hydrogens (tertiary/aromatic N) is 4. The van der Waals surface area contributed by atoms with Crippen LogP contribution in [-0.2, 0) is 0 Å². The summed E-state index contributed by atoms with van der Waals surface area (Å²) in [6.07, 6.45) is 4.21. The lowest BCUT2D eigenvalue weighted by atomic mass is 10.0. The molecular formula is C26H28N6O2S. The van der Waals surface area contributed by atoms with Crippen molar-refractivity contribution in [2.75, 3.05) is 30.4 Å². The molecular weight excluding hydrogens is 460 g/mol. The maximum atomic E-state index is 13.4. The number of carbonyl (C=O) groups excluding carboxylic acids is 1. The van der Waals surface area contributed by atoms with Gasteiger partial charge in [-0.15, -0.1) is 11.3 Å². The van der Waals surface area contributed by atoms with E-state index >= 15 is 0 Å². The predicted octanol–water partition coefficient (Wildman–Crippen LogP) is 4.56. The Labute approximate surface area is 207 Å². The quantitative estimate of drug-likeness (QED) is 0.425. The van der Waals surface area contributed by atoms with Crippen LogP contribution < -0.4 is 20.3 Å². The third kappa shape index (κ3) is 4.30. The highest BCUT2D eigenvalue weighted by atomic mass is 32.1. The maximum absolute atomic E-state index is 13.4. The van der Waals surface area contributed by atoms with Crippen molar-refractivity contribution in [1.29, 1.82) is 0 Å². The minimum absolute atomic E-state index is 0.212. The smallest absolute Gasteiger partial charge is 0.316 e. The van der Waals surface area contributed by atoms with Gasteiger partial charge in [0.05, 0.1) is 33.4 Å². The standard InChI is InChI=1S/C26H28N6O2S/c1-14-12-32(13-15(2)28-14)21-9-7-18(23-19(21)11-27-26(31-23)34-3)24(33)29-17-6-8-20-22(10-17)35-25(30-20)16-4-5-16/h6-11,14-16,28H,4-5,12-13H2,1-3H3,(H,29,33)/t14-,15-/m0/s1. The molecule has 2 aliphatic rings. The fourth-order valence-corrected chi connectivity index (χ4v) is 6.07. The average Bonchev–Trinajstić information content (AvgIpc) is 3.61. The SMILES string of the molecule is COc1ncc2c(N3C[C@H](C)N[C@@H](C)C3)ccc(C(=O)Nc3ccc4nc(C5CC5)sc4c3)c2n1. The topological polar surface area (TPSA) is 92.3 Å². The first-order valence-corrected chi connectivity index (χ1v) is 12.9. The number of piperazine rings is 1. The Hall–Kier alpha value is -3.30. The van der Waals surface area contributed by atoms with Gasteiger partial charge in [-0.05, 0) is 57.0 Å². The zero-order chi connectivity index (χ0) is 24.1. The van der Waals surface area contributed by atoms with Crippen LogP contribution in [0.15, 0.2) is 36.5 Å². The van der Waals surface area contributed by atoms with Gasteiger partial charge in [0.25, 0.3) is 5.91 Å². The highest BCUT2D eigenvalue weighted by Gasteiger charge is 2.27. The molecule has 8 nitrogen and oxygen atoms in total. The number of carbonyl (C=O) groups is 1. The number of nitrogens with one attached hydrogen (secondary N) is 2. The molecule has 1 saturated heterocycles. The molecule has 1 aliphatic carbocycles. The monoisotopic (exact) mass is 488 g/mol. The summed E-state index contributed by atoms with van der Waals surface area (Å²) in [5.41, 5.74) is 3.83. The number of rotatable bonds is 5. The van der Waals surface area contributed by atoms with Crippen molar-refractivity contribution >= 4 is 49.7 Å². The van der Waals surface area contributed by atoms with Crippen LogP contribution in [0.1, 0.15) is 48.0 Å². The first-order chi connectivity index (χ1) is 17.0. The third-order valence-electron chi connectivity index (χ3n) is 6.62. The van der Waals surface area contributed by atoms with Crippen molar-refractivity contribution in [2.24, 2.45) is 0 Å². The Balaban J connectivity index is 1.35. The van der Waals surface area contributed by atoms with Crippen LogP contribution in [-0.4, -0.2) is 53.1 Å². The van der Waals surface area contributed by atoms with Gasteiger partial charge in [0.2, 0.25) is 0 Å². The largest absolute Gasteiger partial charge is 0.467 e. The number of ether oxygens (including phenoxy) is 1. The van der Waals surface area contributed by atoms with Gasteiger partial charge in [-0.1, -0.05) is 0 Å². The zero-order valence-corrected chi connectivity index (χ0v) is 20.9. The average molecular weight is 489 g/mol. The molecule has 180 valence electrons. The van der Waals surface area contributed by atoms with E-state index in [0.717, 1.165) is 40.1 Å². The number of thiazole rings is 1. The number of methoxy groups -OCH3 is 1. The number of fused-ring (bicyclic) bond motifs is 2. The summed E-state index contributed by atoms with van der Waals surface area (Å²) in [5.74, 6) is 0.405. The molecule has 6 rings (SSSR count). The van der Waals surface area contributed by atoms with E-state index in [1.807, 2.05) is 30.3 Å². The molecule has 35 heavy (non-hydrogen) atoms. The van der Waals surface area contributed by atoms with Crippen molar-refractivity contribution in [2.45, 2.75) is 44.7 Å². The van der Waals surface area contributed by atoms with Crippen molar-refractivity contribution in [1.82, 2.24) is 20.3 Å². The van der Waals surface area contributed by atoms with E-state index in [2.05, 4.69) is 39.3 Å². The zero-order valence-electron chi connectivity index (χ0n) is 20.0. The van der Waals surface area contributed by atoms with E-state index in [1.165, 1.54) is 25.0 Å². The molecule has 1 amide bonds. The summed E-state index contributed by atoms with van der Waals surface area (Å²) in [7, 11) is 1.53. The van der Waals surface area contributed by atoms with Crippen molar-refractivity contribution in [3.63, 3.8) is 0 Å². The molecule has 0 spiro atoms. The molecule has 2 aromatic carbocycles. The fourth-order valence-electron chi connectivity index (χ4n) is 4.89. The molecule has 0 unspecified atom stereocenters. The molecule has 1 aliphatic heterocycles. The number of benzene rings is 2. The summed E-state index contributed by atoms with van der Waals surface area (Å²) in [5, 5.41) is 8.67. The van der Waals surface area contributed by atoms with E-state index in [4.69, 9.17) is 9.72 Å². The van der Waals surface area contributed by atoms with Gasteiger partial charge >= 0.3 is 6.01 Å². The molecule has 2 fully saturated rings. The van der Waals surface area contributed by atoms with E-state index < -0.39 is 0 Å². The normalized spacial score (nSPS) is 20.4. The Morgan fingerprint density at radius 1 is 1.14 bits per heavy atom. The molecule has 2 N–H and O–H groups in total. The van der Waals surface area contributed by atoms with Crippen LogP contribution in [0.2, 0.25) is 0 Å². The van der Waals surface area contributed by atoms with Gasteiger partial charge in [-0.2, -0.15) is 4.98 Å². The molecule has 2 aromatic heterocycles. The lowest BCUT2D eigenvalue weighted by Crippen LogP contribution is -2.54. The van der Waals surface area contributed by atoms with E-state index in [1.54, 1.807) is 17.5 Å². The number of anilines is 2. The van der Waals surface area contributed by atoms with Crippen LogP contribution in [0.3, 0.4) is 0 Å². The second-order valence-corrected chi connectivity index (χ2v) is 10.7. The van der Waals surface area contributed by atoms with Crippen LogP contribution in [0.4, 0.5) is 11.4 Å². The minimum atomic E-state index is -0.212. The van der Waals surface area contributed by atoms with Crippen LogP contribution in [0.25, 0.3) is 21.1 Å². The summed E-state index contributed by atoms with van der Waals surface area (Å²) in [6.45, 7) is 6.10. The molecule has 3 heterocycles. The highest BCUT2D eigenvalue weighted by Crippen LogP contribution is 2.43. The Kier molecular flexibility index (Phi) is 5.53. The number of amides is 1. The Bertz CT molecular complexity index is 1420. The van der Waals surface area contributed by atoms with Gasteiger partial charge in [0, 0.05) is 54.0 Å². The molecule has 4 aromatic rings. The number of aromatic nitrogens is 3. The molecule has 1 saturated carbocycles. The second-order valence-electron chi connectivity index (χ2n) is 9.59. The molecule has 0 bridgehead atoms. The lowest BCUT2D eigenvalue weighted by molar-refractivity contribution is 0.102. The summed E-state index contributed by atoms with van der Waals surface area (Å²) < 4.78 is 6.38. The van der Waals surface area contributed by atoms with Gasteiger partial charge in [-0.3, -0.25) is 4.79 Å². The van der Waals surface area contributed by atoms with Gasteiger partial charge in [-0.25, -0.2) is 9.97 Å². The minimum Gasteiger partial charge on any atom is -0.467 e. The van der Waals surface area contributed by atoms with E-state index in [0.29, 0.717) is 29.1 Å². The molecule has 2 atom stereocenters. The predicted molar refractivity (Wildman–Crippen MR) is 140 cm³/mol. The van der Waals surface area contributed by atoms with Gasteiger partial charge in [0.1, 0.15) is 0 Å². The second kappa shape index (κ2) is 8.73. The van der Waals surface area contributed by atoms with E-state index in [9.17, 15) is 4.79 Å². The summed E-state index contributed by atoms with van der Waals surface area (Å²) >= 11 is 1.72. The third-order valence-corrected chi connectivity index (χ3v) is 7.80. The molecule has 0 radical (unpaired) electrons. The lowest BCUT2D eigenvalue weighted by Gasteiger charge is -2.38. The van der Waals surface area contributed by atoms with Crippen LogP contribution in [0.5, 0.6) is 6.01 Å². The first kappa shape index (κ1) is 22.2. The van der Waals surface area contributed by atoms with Crippen LogP contribution in [0, 0.1) is 0 Å². The first-order valence-electron chi connectivity index (χ1n) is 12.0. The Morgan fingerprint density at radius 3 is 2.69 bits per heavy atom. The van der Waals surface area contributed by atoms with Gasteiger partial charge in [0.15, 0.2) is 0 Å².